The number of nitrogens with zero attached hydrogens (tertiary/aromatic N) is 1. The number of furan rings is 1. The van der Waals surface area contributed by atoms with Crippen molar-refractivity contribution in [1.82, 2.24) is 10.6 Å². The molecule has 2 aromatic rings. The Kier molecular flexibility index (Phi) is 8.54. The van der Waals surface area contributed by atoms with E-state index in [9.17, 15) is 0 Å². The number of fused-ring (bicyclic) bond motifs is 1. The van der Waals surface area contributed by atoms with Crippen LogP contribution in [-0.4, -0.2) is 39.3 Å². The molecule has 3 rings (SSSR count). The monoisotopic (exact) mass is 457 g/mol. The molecule has 0 radical (unpaired) electrons. The summed E-state index contributed by atoms with van der Waals surface area (Å²) in [6, 6.07) is 10.2. The van der Waals surface area contributed by atoms with E-state index in [4.69, 9.17) is 9.15 Å². The van der Waals surface area contributed by atoms with Crippen molar-refractivity contribution in [2.75, 3.05) is 33.4 Å². The molecule has 0 aliphatic heterocycles. The van der Waals surface area contributed by atoms with Crippen LogP contribution in [0, 0.1) is 5.92 Å². The molecule has 6 heteroatoms. The van der Waals surface area contributed by atoms with Gasteiger partial charge in [0.1, 0.15) is 11.3 Å². The van der Waals surface area contributed by atoms with Crippen LogP contribution in [0.1, 0.15) is 25.0 Å². The average Bonchev–Trinajstić information content (AvgIpc) is 3.33. The van der Waals surface area contributed by atoms with E-state index < -0.39 is 0 Å². The van der Waals surface area contributed by atoms with Gasteiger partial charge in [-0.15, -0.1) is 24.0 Å². The average molecular weight is 457 g/mol. The summed E-state index contributed by atoms with van der Waals surface area (Å²) in [5.74, 6) is 2.66. The van der Waals surface area contributed by atoms with Crippen LogP contribution in [0.5, 0.6) is 0 Å². The Morgan fingerprint density at radius 1 is 1.24 bits per heavy atom. The number of rotatable bonds is 9. The Morgan fingerprint density at radius 3 is 2.80 bits per heavy atom. The normalized spacial score (nSPS) is 14.4. The van der Waals surface area contributed by atoms with Gasteiger partial charge < -0.3 is 19.8 Å². The van der Waals surface area contributed by atoms with E-state index >= 15 is 0 Å². The van der Waals surface area contributed by atoms with Gasteiger partial charge in [0, 0.05) is 45.2 Å². The molecule has 0 atom stereocenters. The minimum Gasteiger partial charge on any atom is -0.461 e. The molecule has 1 aliphatic carbocycles. The van der Waals surface area contributed by atoms with Gasteiger partial charge in [-0.1, -0.05) is 18.2 Å². The highest BCUT2D eigenvalue weighted by molar-refractivity contribution is 14.0. The van der Waals surface area contributed by atoms with Crippen LogP contribution in [0.4, 0.5) is 0 Å². The third-order valence-electron chi connectivity index (χ3n) is 4.17. The molecular formula is C19H28IN3O2. The number of guanidine groups is 1. The molecule has 0 saturated heterocycles. The highest BCUT2D eigenvalue weighted by atomic mass is 127. The molecule has 1 aromatic heterocycles. The fraction of sp³-hybridized carbons (Fsp3) is 0.526. The van der Waals surface area contributed by atoms with E-state index in [-0.39, 0.29) is 24.0 Å². The molecule has 138 valence electrons. The van der Waals surface area contributed by atoms with Gasteiger partial charge in [0.2, 0.25) is 0 Å². The van der Waals surface area contributed by atoms with Crippen molar-refractivity contribution in [2.24, 2.45) is 10.9 Å². The maximum atomic E-state index is 5.82. The molecule has 2 N–H and O–H groups in total. The second kappa shape index (κ2) is 10.7. The van der Waals surface area contributed by atoms with Crippen LogP contribution in [0.3, 0.4) is 0 Å². The van der Waals surface area contributed by atoms with Gasteiger partial charge >= 0.3 is 0 Å². The van der Waals surface area contributed by atoms with Crippen LogP contribution in [0.15, 0.2) is 39.7 Å². The summed E-state index contributed by atoms with van der Waals surface area (Å²) in [5.41, 5.74) is 0.946. The molecule has 5 nitrogen and oxygen atoms in total. The topological polar surface area (TPSA) is 58.8 Å². The number of halogens is 1. The Balaban J connectivity index is 0.00000225. The van der Waals surface area contributed by atoms with Crippen molar-refractivity contribution < 1.29 is 9.15 Å². The van der Waals surface area contributed by atoms with Gasteiger partial charge in [0.25, 0.3) is 0 Å². The van der Waals surface area contributed by atoms with Gasteiger partial charge in [-0.2, -0.15) is 0 Å². The van der Waals surface area contributed by atoms with Crippen LogP contribution in [0.25, 0.3) is 11.0 Å². The van der Waals surface area contributed by atoms with E-state index in [1.807, 2.05) is 18.2 Å². The van der Waals surface area contributed by atoms with Crippen LogP contribution >= 0.6 is 24.0 Å². The van der Waals surface area contributed by atoms with E-state index in [1.165, 1.54) is 12.8 Å². The minimum atomic E-state index is 0. The molecular weight excluding hydrogens is 429 g/mol. The van der Waals surface area contributed by atoms with Crippen LogP contribution < -0.4 is 10.6 Å². The lowest BCUT2D eigenvalue weighted by Gasteiger charge is -2.11. The summed E-state index contributed by atoms with van der Waals surface area (Å²) in [6.45, 7) is 3.41. The Hall–Kier alpha value is -1.28. The Bertz CT molecular complexity index is 634. The van der Waals surface area contributed by atoms with Gasteiger partial charge in [0.15, 0.2) is 5.96 Å². The summed E-state index contributed by atoms with van der Waals surface area (Å²) in [4.78, 5) is 4.24. The number of ether oxygens (including phenoxy) is 1. The third kappa shape index (κ3) is 6.86. The molecule has 1 saturated carbocycles. The summed E-state index contributed by atoms with van der Waals surface area (Å²) in [5, 5.41) is 7.79. The van der Waals surface area contributed by atoms with Gasteiger partial charge in [-0.25, -0.2) is 0 Å². The fourth-order valence-electron chi connectivity index (χ4n) is 2.60. The van der Waals surface area contributed by atoms with Crippen molar-refractivity contribution in [3.63, 3.8) is 0 Å². The zero-order valence-corrected chi connectivity index (χ0v) is 17.1. The maximum absolute atomic E-state index is 5.82. The number of benzene rings is 1. The first-order valence-electron chi connectivity index (χ1n) is 8.85. The van der Waals surface area contributed by atoms with Gasteiger partial charge in [-0.3, -0.25) is 4.99 Å². The van der Waals surface area contributed by atoms with Gasteiger partial charge in [-0.05, 0) is 37.3 Å². The van der Waals surface area contributed by atoms with E-state index in [2.05, 4.69) is 27.8 Å². The number of para-hydroxylation sites is 1. The first-order chi connectivity index (χ1) is 11.8. The highest BCUT2D eigenvalue weighted by Crippen LogP contribution is 2.28. The lowest BCUT2D eigenvalue weighted by atomic mass is 10.2. The molecule has 1 fully saturated rings. The first kappa shape index (κ1) is 20.0. The second-order valence-corrected chi connectivity index (χ2v) is 6.30. The molecule has 1 aromatic carbocycles. The molecule has 0 amide bonds. The lowest BCUT2D eigenvalue weighted by molar-refractivity contribution is 0.123. The summed E-state index contributed by atoms with van der Waals surface area (Å²) in [6.07, 6.45) is 4.52. The van der Waals surface area contributed by atoms with Crippen molar-refractivity contribution in [3.8, 4) is 0 Å². The summed E-state index contributed by atoms with van der Waals surface area (Å²) < 4.78 is 11.4. The largest absolute Gasteiger partial charge is 0.461 e. The summed E-state index contributed by atoms with van der Waals surface area (Å²) >= 11 is 0. The number of hydrogen-bond acceptors (Lipinski definition) is 3. The number of hydrogen-bond donors (Lipinski definition) is 2. The van der Waals surface area contributed by atoms with Crippen molar-refractivity contribution >= 4 is 40.9 Å². The quantitative estimate of drug-likeness (QED) is 0.262. The number of nitrogens with one attached hydrogen (secondary N) is 2. The molecule has 25 heavy (non-hydrogen) atoms. The zero-order chi connectivity index (χ0) is 16.6. The molecule has 1 heterocycles. The van der Waals surface area contributed by atoms with Crippen LogP contribution in [-0.2, 0) is 11.2 Å². The molecule has 0 bridgehead atoms. The molecule has 0 unspecified atom stereocenters. The van der Waals surface area contributed by atoms with E-state index in [0.29, 0.717) is 0 Å². The zero-order valence-electron chi connectivity index (χ0n) is 14.8. The fourth-order valence-corrected chi connectivity index (χ4v) is 2.60. The van der Waals surface area contributed by atoms with Crippen molar-refractivity contribution in [3.05, 3.63) is 36.1 Å². The number of aliphatic imine (C=N–C) groups is 1. The van der Waals surface area contributed by atoms with Crippen molar-refractivity contribution in [2.45, 2.75) is 25.7 Å². The SMILES string of the molecule is CN=C(NCCCOCC1CC1)NCCc1cc2ccccc2o1.I. The van der Waals surface area contributed by atoms with E-state index in [0.717, 1.165) is 67.8 Å². The predicted octanol–water partition coefficient (Wildman–Crippen LogP) is 3.58. The van der Waals surface area contributed by atoms with E-state index in [1.54, 1.807) is 7.05 Å². The lowest BCUT2D eigenvalue weighted by Crippen LogP contribution is -2.39. The first-order valence-corrected chi connectivity index (χ1v) is 8.85. The predicted molar refractivity (Wildman–Crippen MR) is 113 cm³/mol. The third-order valence-corrected chi connectivity index (χ3v) is 4.17. The standard InChI is InChI=1S/C19H27N3O2.HI/c1-20-19(21-10-4-12-23-14-15-7-8-15)22-11-9-17-13-16-5-2-3-6-18(16)24-17;/h2-3,5-6,13,15H,4,7-12,14H2,1H3,(H2,20,21,22);1H. The smallest absolute Gasteiger partial charge is 0.190 e. The van der Waals surface area contributed by atoms with Gasteiger partial charge in [0.05, 0.1) is 0 Å². The highest BCUT2D eigenvalue weighted by Gasteiger charge is 2.20. The Morgan fingerprint density at radius 2 is 2.04 bits per heavy atom. The Labute approximate surface area is 166 Å². The second-order valence-electron chi connectivity index (χ2n) is 6.30. The van der Waals surface area contributed by atoms with Crippen molar-refractivity contribution in [1.29, 1.82) is 0 Å². The maximum Gasteiger partial charge on any atom is 0.190 e. The molecule has 1 aliphatic rings. The summed E-state index contributed by atoms with van der Waals surface area (Å²) in [7, 11) is 1.79. The van der Waals surface area contributed by atoms with Crippen LogP contribution in [0.2, 0.25) is 0 Å². The molecule has 0 spiro atoms. The minimum absolute atomic E-state index is 0.